The molecular formula is C45H58N4O8. The van der Waals surface area contributed by atoms with Crippen LogP contribution < -0.4 is 9.64 Å². The molecule has 12 heteroatoms. The molecule has 2 aromatic carbocycles. The van der Waals surface area contributed by atoms with E-state index in [0.717, 1.165) is 58.5 Å². The van der Waals surface area contributed by atoms with Crippen LogP contribution in [0.1, 0.15) is 75.3 Å². The van der Waals surface area contributed by atoms with Crippen molar-refractivity contribution in [1.29, 1.82) is 0 Å². The summed E-state index contributed by atoms with van der Waals surface area (Å²) in [5, 5.41) is 38.5. The van der Waals surface area contributed by atoms with Gasteiger partial charge in [0.2, 0.25) is 5.60 Å². The van der Waals surface area contributed by atoms with E-state index < -0.39 is 51.5 Å². The molecule has 1 saturated carbocycles. The molecule has 10 atom stereocenters. The Kier molecular flexibility index (Phi) is 8.99. The largest absolute Gasteiger partial charge is 0.496 e. The molecule has 1 aliphatic carbocycles. The van der Waals surface area contributed by atoms with Crippen LogP contribution in [-0.2, 0) is 36.3 Å². The van der Waals surface area contributed by atoms with Gasteiger partial charge in [0.15, 0.2) is 6.10 Å². The molecule has 6 aliphatic rings. The summed E-state index contributed by atoms with van der Waals surface area (Å²) in [6.45, 7) is 8.79. The zero-order valence-electron chi connectivity index (χ0n) is 34.1. The number of likely N-dealkylation sites (N-methyl/N-ethyl adjacent to an activating group) is 1. The number of esters is 2. The number of aliphatic hydroxyl groups is 3. The smallest absolute Gasteiger partial charge is 0.344 e. The van der Waals surface area contributed by atoms with Gasteiger partial charge in [-0.2, -0.15) is 0 Å². The fraction of sp³-hybridized carbons (Fsp3) is 0.600. The van der Waals surface area contributed by atoms with E-state index in [0.29, 0.717) is 57.5 Å². The van der Waals surface area contributed by atoms with Gasteiger partial charge in [-0.25, -0.2) is 4.79 Å². The Labute approximate surface area is 334 Å². The van der Waals surface area contributed by atoms with E-state index >= 15 is 0 Å². The summed E-state index contributed by atoms with van der Waals surface area (Å²) in [6, 6.07) is 11.5. The molecular weight excluding hydrogens is 725 g/mol. The first-order chi connectivity index (χ1) is 27.3. The molecule has 3 unspecified atom stereocenters. The highest BCUT2D eigenvalue weighted by molar-refractivity contribution is 5.88. The van der Waals surface area contributed by atoms with Gasteiger partial charge < -0.3 is 39.4 Å². The minimum atomic E-state index is -2.25. The third-order valence-corrected chi connectivity index (χ3v) is 15.5. The van der Waals surface area contributed by atoms with Gasteiger partial charge in [-0.1, -0.05) is 44.2 Å². The molecule has 9 rings (SSSR count). The van der Waals surface area contributed by atoms with Gasteiger partial charge in [0.05, 0.1) is 37.9 Å². The van der Waals surface area contributed by atoms with Crippen LogP contribution in [0.5, 0.6) is 5.75 Å². The number of aromatic amines is 1. The van der Waals surface area contributed by atoms with Crippen LogP contribution in [0.4, 0.5) is 5.69 Å². The molecule has 1 spiro atoms. The Morgan fingerprint density at radius 3 is 2.51 bits per heavy atom. The molecule has 3 aromatic rings. The lowest BCUT2D eigenvalue weighted by molar-refractivity contribution is -0.228. The first kappa shape index (κ1) is 38.6. The summed E-state index contributed by atoms with van der Waals surface area (Å²) in [6.07, 6.45) is 6.61. The minimum absolute atomic E-state index is 0.0570. The fourth-order valence-electron chi connectivity index (χ4n) is 13.4. The van der Waals surface area contributed by atoms with Crippen LogP contribution in [-0.4, -0.2) is 132 Å². The van der Waals surface area contributed by atoms with Gasteiger partial charge >= 0.3 is 11.9 Å². The number of nitrogens with zero attached hydrogens (tertiary/aromatic N) is 3. The number of hydrogen-bond acceptors (Lipinski definition) is 11. The normalized spacial score (nSPS) is 38.0. The third kappa shape index (κ3) is 5.03. The van der Waals surface area contributed by atoms with Crippen molar-refractivity contribution in [2.24, 2.45) is 11.3 Å². The Hall–Kier alpha value is -3.94. The molecule has 306 valence electrons. The van der Waals surface area contributed by atoms with Crippen molar-refractivity contribution in [2.75, 3.05) is 65.5 Å². The predicted octanol–water partition coefficient (Wildman–Crippen LogP) is 3.81. The Bertz CT molecular complexity index is 2150. The van der Waals surface area contributed by atoms with Crippen LogP contribution in [0.2, 0.25) is 0 Å². The van der Waals surface area contributed by atoms with Crippen LogP contribution in [0, 0.1) is 11.3 Å². The molecule has 12 nitrogen and oxygen atoms in total. The maximum absolute atomic E-state index is 14.3. The summed E-state index contributed by atoms with van der Waals surface area (Å²) in [4.78, 5) is 38.0. The Morgan fingerprint density at radius 1 is 1.02 bits per heavy atom. The maximum Gasteiger partial charge on any atom is 0.344 e. The number of aliphatic hydroxyl groups excluding tert-OH is 1. The first-order valence-corrected chi connectivity index (χ1v) is 20.8. The molecule has 57 heavy (non-hydrogen) atoms. The SMILES string of the molecule is CC[C@]1(O)C[C@@H]2CN(CCc3c([nH]c4ccccc34)[C@@](CO)(c3cc4c(cc3OC)N(C)C3C(O)(C(=O)OC)[C@H](OC(C)=O)[C@]5(CC)C=CCN6CC[C@]43[C@@H]65)C2)C1. The standard InChI is InChI=1S/C45H58N4O8/c1-7-41(53)22-28-23-43(26-50,36-30(14-18-48(24-28)25-41)29-12-9-10-13-33(29)46-36)32-20-31-34(21-35(32)55-5)47(4)38-44(31)16-19-49-17-11-15-42(8-2,37(44)49)39(57-27(3)51)45(38,54)40(52)56-6/h9-13,15,20-21,28,37-39,46,50,53-54H,7-8,14,16-19,22-26H2,1-6H3/t28-,37-,38?,39+,41-,42+,43-,44+,45?/m0/s1. The minimum Gasteiger partial charge on any atom is -0.496 e. The topological polar surface area (TPSA) is 148 Å². The summed E-state index contributed by atoms with van der Waals surface area (Å²) < 4.78 is 18.0. The number of rotatable bonds is 7. The van der Waals surface area contributed by atoms with Crippen LogP contribution >= 0.6 is 0 Å². The first-order valence-electron chi connectivity index (χ1n) is 20.8. The number of methoxy groups -OCH3 is 2. The van der Waals surface area contributed by atoms with Gasteiger partial charge in [0.25, 0.3) is 0 Å². The van der Waals surface area contributed by atoms with Gasteiger partial charge in [0, 0.05) is 90.9 Å². The van der Waals surface area contributed by atoms with Gasteiger partial charge in [0.1, 0.15) is 5.75 Å². The van der Waals surface area contributed by atoms with E-state index in [1.165, 1.54) is 14.0 Å². The second kappa shape index (κ2) is 13.3. The molecule has 5 aliphatic heterocycles. The number of aromatic nitrogens is 1. The van der Waals surface area contributed by atoms with Crippen molar-refractivity contribution >= 4 is 28.5 Å². The van der Waals surface area contributed by atoms with Crippen molar-refractivity contribution in [2.45, 2.75) is 99.5 Å². The maximum atomic E-state index is 14.3. The van der Waals surface area contributed by atoms with Crippen LogP contribution in [0.25, 0.3) is 10.9 Å². The molecule has 2 saturated heterocycles. The number of H-pyrrole nitrogens is 1. The summed E-state index contributed by atoms with van der Waals surface area (Å²) in [7, 11) is 4.83. The van der Waals surface area contributed by atoms with E-state index in [2.05, 4.69) is 58.1 Å². The van der Waals surface area contributed by atoms with Gasteiger partial charge in [-0.3, -0.25) is 14.6 Å². The van der Waals surface area contributed by atoms with E-state index in [1.807, 2.05) is 31.0 Å². The number of carbonyl (C=O) groups excluding carboxylic acids is 2. The molecule has 3 fully saturated rings. The molecule has 0 amide bonds. The Morgan fingerprint density at radius 2 is 1.81 bits per heavy atom. The Balaban J connectivity index is 1.33. The fourth-order valence-corrected chi connectivity index (χ4v) is 13.4. The second-order valence-corrected chi connectivity index (χ2v) is 18.0. The average molecular weight is 783 g/mol. The number of para-hydroxylation sites is 1. The predicted molar refractivity (Wildman–Crippen MR) is 215 cm³/mol. The zero-order chi connectivity index (χ0) is 40.3. The highest BCUT2D eigenvalue weighted by Crippen LogP contribution is 2.68. The average Bonchev–Trinajstić information content (AvgIpc) is 3.87. The molecule has 0 radical (unpaired) electrons. The van der Waals surface area contributed by atoms with E-state index in [1.54, 1.807) is 7.11 Å². The molecule has 4 N–H and O–H groups in total. The monoisotopic (exact) mass is 782 g/mol. The number of benzene rings is 2. The highest BCUT2D eigenvalue weighted by atomic mass is 16.6. The van der Waals surface area contributed by atoms with E-state index in [9.17, 15) is 24.9 Å². The van der Waals surface area contributed by atoms with Crippen molar-refractivity contribution in [3.8, 4) is 5.75 Å². The van der Waals surface area contributed by atoms with Crippen molar-refractivity contribution < 1.29 is 39.1 Å². The number of carbonyl (C=O) groups is 2. The molecule has 1 aromatic heterocycles. The zero-order valence-corrected chi connectivity index (χ0v) is 34.1. The quantitative estimate of drug-likeness (QED) is 0.205. The molecule has 6 heterocycles. The van der Waals surface area contributed by atoms with Crippen molar-refractivity contribution in [3.63, 3.8) is 0 Å². The number of nitrogens with one attached hydrogen (secondary N) is 1. The van der Waals surface area contributed by atoms with E-state index in [4.69, 9.17) is 14.2 Å². The van der Waals surface area contributed by atoms with Crippen LogP contribution in [0.15, 0.2) is 48.6 Å². The summed E-state index contributed by atoms with van der Waals surface area (Å²) in [5.41, 5.74) is -0.106. The summed E-state index contributed by atoms with van der Waals surface area (Å²) >= 11 is 0. The van der Waals surface area contributed by atoms with E-state index in [-0.39, 0.29) is 18.6 Å². The number of anilines is 1. The van der Waals surface area contributed by atoms with Gasteiger partial charge in [-0.05, 0) is 74.2 Å². The highest BCUT2D eigenvalue weighted by Gasteiger charge is 2.80. The van der Waals surface area contributed by atoms with Gasteiger partial charge in [-0.15, -0.1) is 0 Å². The van der Waals surface area contributed by atoms with Crippen LogP contribution in [0.3, 0.4) is 0 Å². The van der Waals surface area contributed by atoms with Crippen molar-refractivity contribution in [1.82, 2.24) is 14.8 Å². The number of ether oxygens (including phenoxy) is 3. The third-order valence-electron chi connectivity index (χ3n) is 15.5. The van der Waals surface area contributed by atoms with Crippen molar-refractivity contribution in [3.05, 3.63) is 70.9 Å². The second-order valence-electron chi connectivity index (χ2n) is 18.0. The number of hydrogen-bond donors (Lipinski definition) is 4. The number of piperidine rings is 1. The lowest BCUT2D eigenvalue weighted by Crippen LogP contribution is -2.81. The summed E-state index contributed by atoms with van der Waals surface area (Å²) in [5.74, 6) is -0.777. The lowest BCUT2D eigenvalue weighted by atomic mass is 9.47. The lowest BCUT2D eigenvalue weighted by Gasteiger charge is -2.63. The molecule has 2 bridgehead atoms. The number of fused-ring (bicyclic) bond motifs is 6.